The monoisotopic (exact) mass is 358 g/mol. The molecule has 0 fully saturated rings. The largest absolute Gasteiger partial charge is 0.443 e. The van der Waals surface area contributed by atoms with E-state index in [4.69, 9.17) is 9.47 Å². The van der Waals surface area contributed by atoms with Crippen LogP contribution >= 0.6 is 0 Å². The Labute approximate surface area is 152 Å². The Kier molecular flexibility index (Phi) is 5.11. The molecule has 0 saturated carbocycles. The van der Waals surface area contributed by atoms with E-state index in [9.17, 15) is 9.18 Å². The molecule has 0 spiro atoms. The van der Waals surface area contributed by atoms with Crippen molar-refractivity contribution in [2.45, 2.75) is 45.8 Å². The van der Waals surface area contributed by atoms with E-state index in [2.05, 4.69) is 4.98 Å². The third kappa shape index (κ3) is 4.31. The van der Waals surface area contributed by atoms with Crippen molar-refractivity contribution in [2.75, 3.05) is 6.54 Å². The fraction of sp³-hybridized carbons (Fsp3) is 0.400. The zero-order valence-corrected chi connectivity index (χ0v) is 15.3. The number of hydrogen-bond acceptors (Lipinski definition) is 4. The molecular formula is C20H23FN2O3. The van der Waals surface area contributed by atoms with Crippen molar-refractivity contribution >= 4 is 6.09 Å². The van der Waals surface area contributed by atoms with Gasteiger partial charge >= 0.3 is 6.09 Å². The summed E-state index contributed by atoms with van der Waals surface area (Å²) in [4.78, 5) is 18.6. The van der Waals surface area contributed by atoms with E-state index in [-0.39, 0.29) is 11.9 Å². The number of rotatable bonds is 4. The van der Waals surface area contributed by atoms with Crippen LogP contribution in [0.25, 0.3) is 0 Å². The number of halogens is 1. The van der Waals surface area contributed by atoms with Crippen LogP contribution in [0, 0.1) is 5.82 Å². The lowest BCUT2D eigenvalue weighted by atomic mass is 10.1. The molecule has 6 heteroatoms. The molecule has 3 rings (SSSR count). The first kappa shape index (κ1) is 18.2. The maximum atomic E-state index is 13.0. The molecule has 1 aromatic carbocycles. The highest BCUT2D eigenvalue weighted by Crippen LogP contribution is 2.25. The summed E-state index contributed by atoms with van der Waals surface area (Å²) >= 11 is 0. The fourth-order valence-electron chi connectivity index (χ4n) is 2.61. The smallest absolute Gasteiger partial charge is 0.410 e. The van der Waals surface area contributed by atoms with Crippen molar-refractivity contribution in [3.63, 3.8) is 0 Å². The molecule has 0 bridgehead atoms. The number of carbonyl (C=O) groups is 1. The molecule has 1 amide bonds. The Morgan fingerprint density at radius 1 is 1.23 bits per heavy atom. The van der Waals surface area contributed by atoms with Crippen LogP contribution in [0.5, 0.6) is 11.6 Å². The molecule has 1 aliphatic rings. The molecule has 1 aromatic heterocycles. The quantitative estimate of drug-likeness (QED) is 0.795. The molecule has 2 heterocycles. The number of pyridine rings is 1. The third-order valence-corrected chi connectivity index (χ3v) is 4.53. The second-order valence-corrected chi connectivity index (χ2v) is 6.96. The van der Waals surface area contributed by atoms with Gasteiger partial charge in [0.15, 0.2) is 0 Å². The molecule has 0 radical (unpaired) electrons. The Morgan fingerprint density at radius 2 is 1.96 bits per heavy atom. The molecule has 1 aliphatic heterocycles. The van der Waals surface area contributed by atoms with Gasteiger partial charge in [-0.15, -0.1) is 0 Å². The SMILES string of the molecule is CCC(C)(C)OC(=O)N1CCc2nc(Oc3ccc(F)cc3)ccc2C1. The van der Waals surface area contributed by atoms with E-state index in [1.54, 1.807) is 23.1 Å². The summed E-state index contributed by atoms with van der Waals surface area (Å²) in [5.41, 5.74) is 1.42. The number of carbonyl (C=O) groups excluding carboxylic acids is 1. The fourth-order valence-corrected chi connectivity index (χ4v) is 2.61. The van der Waals surface area contributed by atoms with Gasteiger partial charge in [-0.1, -0.05) is 13.0 Å². The lowest BCUT2D eigenvalue weighted by Gasteiger charge is -2.32. The highest BCUT2D eigenvalue weighted by atomic mass is 19.1. The van der Waals surface area contributed by atoms with Gasteiger partial charge in [0.25, 0.3) is 0 Å². The normalized spacial score (nSPS) is 13.9. The zero-order valence-electron chi connectivity index (χ0n) is 15.3. The number of amides is 1. The van der Waals surface area contributed by atoms with Gasteiger partial charge in [0, 0.05) is 19.0 Å². The Hall–Kier alpha value is -2.63. The number of aromatic nitrogens is 1. The molecule has 0 saturated heterocycles. The van der Waals surface area contributed by atoms with Crippen LogP contribution in [-0.4, -0.2) is 28.1 Å². The van der Waals surface area contributed by atoms with Crippen LogP contribution in [0.2, 0.25) is 0 Å². The van der Waals surface area contributed by atoms with Crippen LogP contribution in [0.3, 0.4) is 0 Å². The molecular weight excluding hydrogens is 335 g/mol. The average Bonchev–Trinajstić information content (AvgIpc) is 2.63. The van der Waals surface area contributed by atoms with E-state index in [0.717, 1.165) is 17.7 Å². The van der Waals surface area contributed by atoms with Crippen molar-refractivity contribution < 1.29 is 18.7 Å². The summed E-state index contributed by atoms with van der Waals surface area (Å²) in [6.45, 7) is 6.83. The molecule has 26 heavy (non-hydrogen) atoms. The summed E-state index contributed by atoms with van der Waals surface area (Å²) < 4.78 is 24.2. The summed E-state index contributed by atoms with van der Waals surface area (Å²) in [6, 6.07) is 9.47. The van der Waals surface area contributed by atoms with E-state index in [1.165, 1.54) is 12.1 Å². The van der Waals surface area contributed by atoms with Crippen molar-refractivity contribution in [1.29, 1.82) is 0 Å². The molecule has 5 nitrogen and oxygen atoms in total. The van der Waals surface area contributed by atoms with Gasteiger partial charge in [-0.05, 0) is 50.1 Å². The summed E-state index contributed by atoms with van der Waals surface area (Å²) in [5, 5.41) is 0. The maximum Gasteiger partial charge on any atom is 0.410 e. The van der Waals surface area contributed by atoms with E-state index >= 15 is 0 Å². The zero-order chi connectivity index (χ0) is 18.7. The first-order chi connectivity index (χ1) is 12.4. The molecule has 138 valence electrons. The highest BCUT2D eigenvalue weighted by molar-refractivity contribution is 5.68. The summed E-state index contributed by atoms with van der Waals surface area (Å²) in [6.07, 6.45) is 1.10. The number of benzene rings is 1. The van der Waals surface area contributed by atoms with Gasteiger partial charge in [0.05, 0.1) is 12.2 Å². The van der Waals surface area contributed by atoms with Crippen molar-refractivity contribution in [1.82, 2.24) is 9.88 Å². The standard InChI is InChI=1S/C20H23FN2O3/c1-4-20(2,3)26-19(24)23-12-11-17-14(13-23)5-10-18(22-17)25-16-8-6-15(21)7-9-16/h5-10H,4,11-13H2,1-3H3. The Bertz CT molecular complexity index is 790. The topological polar surface area (TPSA) is 51.7 Å². The highest BCUT2D eigenvalue weighted by Gasteiger charge is 2.27. The lowest BCUT2D eigenvalue weighted by Crippen LogP contribution is -2.40. The van der Waals surface area contributed by atoms with Crippen LogP contribution in [0.15, 0.2) is 36.4 Å². The third-order valence-electron chi connectivity index (χ3n) is 4.53. The number of hydrogen-bond donors (Lipinski definition) is 0. The van der Waals surface area contributed by atoms with E-state index < -0.39 is 5.60 Å². The first-order valence-electron chi connectivity index (χ1n) is 8.76. The van der Waals surface area contributed by atoms with Crippen LogP contribution in [0.4, 0.5) is 9.18 Å². The van der Waals surface area contributed by atoms with E-state index in [0.29, 0.717) is 31.1 Å². The van der Waals surface area contributed by atoms with Gasteiger partial charge in [-0.3, -0.25) is 0 Å². The van der Waals surface area contributed by atoms with Crippen LogP contribution in [0.1, 0.15) is 38.4 Å². The number of nitrogens with zero attached hydrogens (tertiary/aromatic N) is 2. The molecule has 2 aromatic rings. The second-order valence-electron chi connectivity index (χ2n) is 6.96. The minimum absolute atomic E-state index is 0.297. The summed E-state index contributed by atoms with van der Waals surface area (Å²) in [7, 11) is 0. The predicted molar refractivity (Wildman–Crippen MR) is 95.7 cm³/mol. The molecule has 0 aliphatic carbocycles. The van der Waals surface area contributed by atoms with Gasteiger partial charge in [-0.2, -0.15) is 0 Å². The molecule has 0 unspecified atom stereocenters. The maximum absolute atomic E-state index is 13.0. The minimum atomic E-state index is -0.470. The first-order valence-corrected chi connectivity index (χ1v) is 8.76. The number of fused-ring (bicyclic) bond motifs is 1. The van der Waals surface area contributed by atoms with Gasteiger partial charge < -0.3 is 14.4 Å². The van der Waals surface area contributed by atoms with Crippen molar-refractivity contribution in [3.05, 3.63) is 53.5 Å². The Balaban J connectivity index is 1.67. The minimum Gasteiger partial charge on any atom is -0.443 e. The lowest BCUT2D eigenvalue weighted by molar-refractivity contribution is 0.00896. The van der Waals surface area contributed by atoms with Gasteiger partial charge in [-0.25, -0.2) is 14.2 Å². The second kappa shape index (κ2) is 7.32. The van der Waals surface area contributed by atoms with Gasteiger partial charge in [0.2, 0.25) is 5.88 Å². The average molecular weight is 358 g/mol. The van der Waals surface area contributed by atoms with Crippen molar-refractivity contribution in [2.24, 2.45) is 0 Å². The van der Waals surface area contributed by atoms with Gasteiger partial charge in [0.1, 0.15) is 17.2 Å². The molecule has 0 atom stereocenters. The molecule has 0 N–H and O–H groups in total. The Morgan fingerprint density at radius 3 is 2.65 bits per heavy atom. The predicted octanol–water partition coefficient (Wildman–Crippen LogP) is 4.70. The summed E-state index contributed by atoms with van der Waals surface area (Å²) in [5.74, 6) is 0.675. The van der Waals surface area contributed by atoms with Crippen LogP contribution in [-0.2, 0) is 17.7 Å². The van der Waals surface area contributed by atoms with E-state index in [1.807, 2.05) is 26.8 Å². The van der Waals surface area contributed by atoms with Crippen LogP contribution < -0.4 is 4.74 Å². The van der Waals surface area contributed by atoms with Crippen molar-refractivity contribution in [3.8, 4) is 11.6 Å². The number of ether oxygens (including phenoxy) is 2.